The molecule has 0 bridgehead atoms. The molecule has 0 aliphatic carbocycles. The van der Waals surface area contributed by atoms with Crippen LogP contribution in [0.5, 0.6) is 0 Å². The second-order valence-corrected chi connectivity index (χ2v) is 6.21. The molecular formula is C16H18F3N2OS+. The summed E-state index contributed by atoms with van der Waals surface area (Å²) in [4.78, 5) is 12.7. The third-order valence-corrected chi connectivity index (χ3v) is 4.27. The molecule has 1 aromatic heterocycles. The lowest BCUT2D eigenvalue weighted by atomic mass is 10.0. The lowest BCUT2D eigenvalue weighted by Gasteiger charge is -2.15. The van der Waals surface area contributed by atoms with E-state index in [9.17, 15) is 18.0 Å². The summed E-state index contributed by atoms with van der Waals surface area (Å²) in [6, 6.07) is 11.7. The smallest absolute Gasteiger partial charge is 0.342 e. The predicted molar refractivity (Wildman–Crippen MR) is 83.2 cm³/mol. The van der Waals surface area contributed by atoms with Crippen LogP contribution in [-0.2, 0) is 4.79 Å². The fraction of sp³-hybridized carbons (Fsp3) is 0.312. The van der Waals surface area contributed by atoms with Gasteiger partial charge < -0.3 is 10.6 Å². The number of nitrogens with two attached hydrogens (primary N) is 1. The average molecular weight is 343 g/mol. The number of aryl methyl sites for hydroxylation is 1. The van der Waals surface area contributed by atoms with Gasteiger partial charge in [0, 0.05) is 5.56 Å². The Hall–Kier alpha value is -1.86. The highest BCUT2D eigenvalue weighted by Gasteiger charge is 2.28. The molecule has 0 aliphatic rings. The van der Waals surface area contributed by atoms with Gasteiger partial charge in [-0.3, -0.25) is 4.79 Å². The zero-order chi connectivity index (χ0) is 16.9. The monoisotopic (exact) mass is 343 g/mol. The summed E-state index contributed by atoms with van der Waals surface area (Å²) < 4.78 is 36.4. The molecule has 1 atom stereocenters. The summed E-state index contributed by atoms with van der Waals surface area (Å²) in [7, 11) is 0. The van der Waals surface area contributed by atoms with Gasteiger partial charge in [-0.25, -0.2) is 0 Å². The highest BCUT2D eigenvalue weighted by molar-refractivity contribution is 7.10. The summed E-state index contributed by atoms with van der Waals surface area (Å²) >= 11 is 1.56. The van der Waals surface area contributed by atoms with Gasteiger partial charge in [-0.2, -0.15) is 13.2 Å². The van der Waals surface area contributed by atoms with Crippen molar-refractivity contribution in [2.45, 2.75) is 19.1 Å². The number of halogens is 3. The Kier molecular flexibility index (Phi) is 5.79. The minimum Gasteiger partial charge on any atom is -0.342 e. The summed E-state index contributed by atoms with van der Waals surface area (Å²) in [5.74, 6) is -0.629. The van der Waals surface area contributed by atoms with Gasteiger partial charge >= 0.3 is 6.18 Å². The number of hydrogen-bond donors (Lipinski definition) is 2. The molecule has 0 saturated carbocycles. The van der Waals surface area contributed by atoms with E-state index in [1.165, 1.54) is 0 Å². The van der Waals surface area contributed by atoms with E-state index in [0.717, 1.165) is 16.0 Å². The maximum absolute atomic E-state index is 12.1. The van der Waals surface area contributed by atoms with Gasteiger partial charge in [-0.15, -0.1) is 11.3 Å². The number of hydrogen-bond acceptors (Lipinski definition) is 2. The maximum atomic E-state index is 12.1. The van der Waals surface area contributed by atoms with Crippen LogP contribution in [0.1, 0.15) is 22.0 Å². The zero-order valence-electron chi connectivity index (χ0n) is 12.6. The molecule has 0 spiro atoms. The lowest BCUT2D eigenvalue weighted by molar-refractivity contribution is -0.676. The molecule has 3 nitrogen and oxygen atoms in total. The number of alkyl halides is 3. The van der Waals surface area contributed by atoms with Gasteiger partial charge in [0.15, 0.2) is 6.54 Å². The van der Waals surface area contributed by atoms with Crippen molar-refractivity contribution < 1.29 is 23.3 Å². The normalized spacial score (nSPS) is 12.9. The van der Waals surface area contributed by atoms with Crippen molar-refractivity contribution in [3.8, 4) is 0 Å². The second kappa shape index (κ2) is 7.61. The summed E-state index contributed by atoms with van der Waals surface area (Å²) in [5.41, 5.74) is 2.14. The van der Waals surface area contributed by atoms with Crippen LogP contribution in [0, 0.1) is 6.92 Å². The highest BCUT2D eigenvalue weighted by atomic mass is 32.1. The molecule has 23 heavy (non-hydrogen) atoms. The van der Waals surface area contributed by atoms with E-state index in [0.29, 0.717) is 0 Å². The number of thiophene rings is 1. The Bertz CT molecular complexity index is 624. The topological polar surface area (TPSA) is 45.7 Å². The van der Waals surface area contributed by atoms with Crippen LogP contribution in [0.25, 0.3) is 0 Å². The average Bonchev–Trinajstić information content (AvgIpc) is 3.00. The van der Waals surface area contributed by atoms with Crippen LogP contribution in [0.2, 0.25) is 0 Å². The Morgan fingerprint density at radius 3 is 2.52 bits per heavy atom. The fourth-order valence-electron chi connectivity index (χ4n) is 2.15. The Labute approximate surface area is 136 Å². The van der Waals surface area contributed by atoms with Crippen LogP contribution >= 0.6 is 11.3 Å². The largest absolute Gasteiger partial charge is 0.405 e. The first-order valence-corrected chi connectivity index (χ1v) is 8.00. The Balaban J connectivity index is 2.02. The number of benzene rings is 1. The first-order chi connectivity index (χ1) is 10.8. The van der Waals surface area contributed by atoms with Crippen molar-refractivity contribution >= 4 is 17.2 Å². The van der Waals surface area contributed by atoms with Crippen molar-refractivity contribution in [3.05, 3.63) is 57.8 Å². The third kappa shape index (κ3) is 5.69. The van der Waals surface area contributed by atoms with Crippen molar-refractivity contribution in [2.75, 3.05) is 13.1 Å². The van der Waals surface area contributed by atoms with Crippen molar-refractivity contribution in [1.29, 1.82) is 0 Å². The lowest BCUT2D eigenvalue weighted by Crippen LogP contribution is -2.87. The molecule has 0 radical (unpaired) electrons. The fourth-order valence-corrected chi connectivity index (χ4v) is 3.00. The van der Waals surface area contributed by atoms with Gasteiger partial charge in [0.05, 0.1) is 4.88 Å². The van der Waals surface area contributed by atoms with E-state index in [1.54, 1.807) is 16.7 Å². The molecule has 3 N–H and O–H groups in total. The van der Waals surface area contributed by atoms with Crippen LogP contribution in [0.15, 0.2) is 41.8 Å². The van der Waals surface area contributed by atoms with Gasteiger partial charge in [0.1, 0.15) is 12.6 Å². The minimum atomic E-state index is -4.39. The molecule has 0 fully saturated rings. The van der Waals surface area contributed by atoms with Crippen molar-refractivity contribution in [2.24, 2.45) is 0 Å². The zero-order valence-corrected chi connectivity index (χ0v) is 13.4. The maximum Gasteiger partial charge on any atom is 0.405 e. The molecule has 2 rings (SSSR count). The summed E-state index contributed by atoms with van der Waals surface area (Å²) in [5, 5.41) is 5.58. The third-order valence-electron chi connectivity index (χ3n) is 3.31. The molecule has 0 unspecified atom stereocenters. The van der Waals surface area contributed by atoms with E-state index < -0.39 is 18.6 Å². The number of rotatable bonds is 6. The number of carbonyl (C=O) groups is 1. The Morgan fingerprint density at radius 2 is 1.96 bits per heavy atom. The van der Waals surface area contributed by atoms with E-state index in [1.807, 2.05) is 54.0 Å². The number of amides is 1. The van der Waals surface area contributed by atoms with Gasteiger partial charge in [-0.05, 0) is 18.4 Å². The van der Waals surface area contributed by atoms with E-state index in [-0.39, 0.29) is 12.6 Å². The number of nitrogens with one attached hydrogen (secondary N) is 1. The first kappa shape index (κ1) is 17.5. The first-order valence-electron chi connectivity index (χ1n) is 7.12. The number of carbonyl (C=O) groups excluding carboxylic acids is 1. The molecule has 0 aliphatic heterocycles. The van der Waals surface area contributed by atoms with Crippen LogP contribution < -0.4 is 10.6 Å². The molecule has 7 heteroatoms. The van der Waals surface area contributed by atoms with Crippen LogP contribution in [0.3, 0.4) is 0 Å². The second-order valence-electron chi connectivity index (χ2n) is 5.24. The van der Waals surface area contributed by atoms with Crippen molar-refractivity contribution in [1.82, 2.24) is 5.32 Å². The molecule has 1 amide bonds. The van der Waals surface area contributed by atoms with Crippen molar-refractivity contribution in [3.63, 3.8) is 0 Å². The van der Waals surface area contributed by atoms with Gasteiger partial charge in [0.25, 0.3) is 5.91 Å². The molecule has 1 aromatic carbocycles. The molecule has 2 aromatic rings. The molecule has 124 valence electrons. The van der Waals surface area contributed by atoms with Gasteiger partial charge in [0.2, 0.25) is 0 Å². The Morgan fingerprint density at radius 1 is 1.26 bits per heavy atom. The van der Waals surface area contributed by atoms with Crippen LogP contribution in [0.4, 0.5) is 13.2 Å². The minimum absolute atomic E-state index is 0.0630. The molecule has 0 saturated heterocycles. The van der Waals surface area contributed by atoms with E-state index in [4.69, 9.17) is 0 Å². The molecular weight excluding hydrogens is 325 g/mol. The van der Waals surface area contributed by atoms with Crippen LogP contribution in [-0.4, -0.2) is 25.2 Å². The predicted octanol–water partition coefficient (Wildman–Crippen LogP) is 2.39. The number of quaternary nitrogens is 1. The van der Waals surface area contributed by atoms with E-state index >= 15 is 0 Å². The highest BCUT2D eigenvalue weighted by Crippen LogP contribution is 2.22. The molecule has 1 heterocycles. The SMILES string of the molecule is Cc1ccc([C@H]([NH2+]CC(=O)NCC(F)(F)F)c2cccs2)cc1. The standard InChI is InChI=1S/C16H17F3N2OS/c1-11-4-6-12(7-5-11)15(13-3-2-8-23-13)20-9-14(22)21-10-16(17,18)19/h2-8,15,20H,9-10H2,1H3,(H,21,22)/p+1/t15-/m0/s1. The summed E-state index contributed by atoms with van der Waals surface area (Å²) in [6.07, 6.45) is -4.39. The quantitative estimate of drug-likeness (QED) is 0.831. The summed E-state index contributed by atoms with van der Waals surface area (Å²) in [6.45, 7) is 0.624. The van der Waals surface area contributed by atoms with E-state index in [2.05, 4.69) is 0 Å². The van der Waals surface area contributed by atoms with Gasteiger partial charge in [-0.1, -0.05) is 35.9 Å².